The van der Waals surface area contributed by atoms with E-state index in [0.29, 0.717) is 0 Å². The molecule has 240 valence electrons. The van der Waals surface area contributed by atoms with Gasteiger partial charge in [0.1, 0.15) is 0 Å². The normalized spacial score (nSPS) is 10.0. The number of benzene rings is 3. The SMILES string of the molecule is C.CC.CC.CC.CC(=O)c1ccc(C(C)(C)C)cc1.Cc1ccc(C(C)(C)C)cc1.Cc1ccc(C(C)(C)C)cc1. The third-order valence-electron chi connectivity index (χ3n) is 5.99. The van der Waals surface area contributed by atoms with Crippen LogP contribution in [0, 0.1) is 13.8 Å². The van der Waals surface area contributed by atoms with Crippen molar-refractivity contribution in [3.05, 3.63) is 106 Å². The van der Waals surface area contributed by atoms with Crippen molar-refractivity contribution in [1.29, 1.82) is 0 Å². The van der Waals surface area contributed by atoms with Gasteiger partial charge in [0.15, 0.2) is 5.78 Å². The van der Waals surface area contributed by atoms with Crippen LogP contribution in [-0.4, -0.2) is 5.78 Å². The monoisotopic (exact) mass is 579 g/mol. The molecule has 0 N–H and O–H groups in total. The van der Waals surface area contributed by atoms with Gasteiger partial charge in [0.2, 0.25) is 0 Å². The molecular weight excluding hydrogens is 508 g/mol. The first-order chi connectivity index (χ1) is 18.9. The van der Waals surface area contributed by atoms with Gasteiger partial charge in [0.25, 0.3) is 0 Å². The molecule has 0 aliphatic heterocycles. The Kier molecular flexibility index (Phi) is 25.2. The lowest BCUT2D eigenvalue weighted by Crippen LogP contribution is -2.10. The zero-order chi connectivity index (χ0) is 33.0. The van der Waals surface area contributed by atoms with Crippen molar-refractivity contribution in [2.45, 2.75) is 148 Å². The van der Waals surface area contributed by atoms with Crippen LogP contribution in [0.2, 0.25) is 0 Å². The van der Waals surface area contributed by atoms with Crippen molar-refractivity contribution >= 4 is 5.78 Å². The number of Topliss-reactive ketones (excluding diaryl/α,β-unsaturated/α-hetero) is 1. The lowest BCUT2D eigenvalue weighted by atomic mass is 9.86. The topological polar surface area (TPSA) is 17.1 Å². The average molecular weight is 579 g/mol. The van der Waals surface area contributed by atoms with Crippen molar-refractivity contribution < 1.29 is 4.79 Å². The Morgan fingerprint density at radius 3 is 0.786 bits per heavy atom. The van der Waals surface area contributed by atoms with E-state index in [2.05, 4.69) is 125 Å². The summed E-state index contributed by atoms with van der Waals surface area (Å²) in [5.41, 5.74) is 8.25. The van der Waals surface area contributed by atoms with E-state index in [0.717, 1.165) is 5.56 Å². The molecule has 0 bridgehead atoms. The molecule has 0 aromatic heterocycles. The minimum Gasteiger partial charge on any atom is -0.295 e. The van der Waals surface area contributed by atoms with E-state index in [1.807, 2.05) is 65.8 Å². The maximum absolute atomic E-state index is 11.0. The molecule has 0 saturated heterocycles. The van der Waals surface area contributed by atoms with E-state index < -0.39 is 0 Å². The number of rotatable bonds is 1. The first-order valence-electron chi connectivity index (χ1n) is 15.7. The van der Waals surface area contributed by atoms with E-state index in [1.165, 1.54) is 27.8 Å². The summed E-state index contributed by atoms with van der Waals surface area (Å²) in [6.07, 6.45) is 0. The molecule has 0 spiro atoms. The second kappa shape index (κ2) is 22.9. The van der Waals surface area contributed by atoms with Crippen LogP contribution < -0.4 is 0 Å². The number of hydrogen-bond donors (Lipinski definition) is 0. The van der Waals surface area contributed by atoms with E-state index >= 15 is 0 Å². The smallest absolute Gasteiger partial charge is 0.159 e. The van der Waals surface area contributed by atoms with Gasteiger partial charge >= 0.3 is 0 Å². The summed E-state index contributed by atoms with van der Waals surface area (Å²) in [7, 11) is 0. The molecule has 3 aromatic carbocycles. The zero-order valence-corrected chi connectivity index (χ0v) is 30.3. The van der Waals surface area contributed by atoms with Crippen LogP contribution in [0.4, 0.5) is 0 Å². The van der Waals surface area contributed by atoms with Crippen molar-refractivity contribution in [1.82, 2.24) is 0 Å². The Labute approximate surface area is 264 Å². The highest BCUT2D eigenvalue weighted by Crippen LogP contribution is 2.23. The minimum absolute atomic E-state index is 0. The zero-order valence-electron chi connectivity index (χ0n) is 30.3. The predicted molar refractivity (Wildman–Crippen MR) is 196 cm³/mol. The van der Waals surface area contributed by atoms with E-state index in [-0.39, 0.29) is 29.5 Å². The number of aryl methyl sites for hydroxylation is 2. The molecule has 3 aromatic rings. The average Bonchev–Trinajstić information content (AvgIpc) is 2.92. The first-order valence-corrected chi connectivity index (χ1v) is 15.7. The molecule has 3 rings (SSSR count). The highest BCUT2D eigenvalue weighted by Gasteiger charge is 2.14. The second-order valence-corrected chi connectivity index (χ2v) is 12.6. The molecule has 1 nitrogen and oxygen atoms in total. The Balaban J connectivity index is -0.000000234. The first kappa shape index (κ1) is 46.3. The minimum atomic E-state index is 0. The lowest BCUT2D eigenvalue weighted by Gasteiger charge is -2.18. The van der Waals surface area contributed by atoms with Crippen molar-refractivity contribution in [2.24, 2.45) is 0 Å². The Bertz CT molecular complexity index is 975. The van der Waals surface area contributed by atoms with Gasteiger partial charge in [-0.1, -0.05) is 195 Å². The van der Waals surface area contributed by atoms with E-state index in [4.69, 9.17) is 0 Å². The highest BCUT2D eigenvalue weighted by atomic mass is 16.1. The summed E-state index contributed by atoms with van der Waals surface area (Å²) in [6, 6.07) is 25.3. The van der Waals surface area contributed by atoms with Gasteiger partial charge in [-0.3, -0.25) is 4.79 Å². The van der Waals surface area contributed by atoms with Gasteiger partial charge in [-0.25, -0.2) is 0 Å². The standard InChI is InChI=1S/C12H16O.2C11H16.3C2H6.CH4/c1-9(13)10-5-7-11(8-6-10)12(2,3)4;2*1-9-5-7-10(8-6-9)11(2,3)4;3*1-2;/h5-8H,1-4H3;2*5-8H,1-4H3;3*1-2H3;1H4. The molecule has 0 amide bonds. The van der Waals surface area contributed by atoms with Crippen molar-refractivity contribution in [3.8, 4) is 0 Å². The fraction of sp³-hybridized carbons (Fsp3) is 0.537. The van der Waals surface area contributed by atoms with Gasteiger partial charge in [-0.05, 0) is 53.7 Å². The molecule has 0 aliphatic rings. The van der Waals surface area contributed by atoms with Crippen LogP contribution in [0.3, 0.4) is 0 Å². The van der Waals surface area contributed by atoms with Crippen LogP contribution >= 0.6 is 0 Å². The summed E-state index contributed by atoms with van der Waals surface area (Å²) < 4.78 is 0. The van der Waals surface area contributed by atoms with Crippen molar-refractivity contribution in [2.75, 3.05) is 0 Å². The van der Waals surface area contributed by atoms with Gasteiger partial charge in [-0.15, -0.1) is 0 Å². The largest absolute Gasteiger partial charge is 0.295 e. The molecule has 0 atom stereocenters. The Morgan fingerprint density at radius 2 is 0.619 bits per heavy atom. The number of ketones is 1. The van der Waals surface area contributed by atoms with Gasteiger partial charge in [-0.2, -0.15) is 0 Å². The number of carbonyl (C=O) groups is 1. The van der Waals surface area contributed by atoms with Gasteiger partial charge < -0.3 is 0 Å². The number of carbonyl (C=O) groups excluding carboxylic acids is 1. The fourth-order valence-corrected chi connectivity index (χ4v) is 3.31. The predicted octanol–water partition coefficient (Wildman–Crippen LogP) is 13.5. The third-order valence-corrected chi connectivity index (χ3v) is 5.99. The summed E-state index contributed by atoms with van der Waals surface area (Å²) in [5, 5.41) is 0. The Morgan fingerprint density at radius 1 is 0.429 bits per heavy atom. The summed E-state index contributed by atoms with van der Waals surface area (Å²) in [6.45, 7) is 37.7. The van der Waals surface area contributed by atoms with Crippen LogP contribution in [0.25, 0.3) is 0 Å². The fourth-order valence-electron chi connectivity index (χ4n) is 3.31. The van der Waals surface area contributed by atoms with Crippen LogP contribution in [0.1, 0.15) is 156 Å². The molecular formula is C41H70O. The van der Waals surface area contributed by atoms with Crippen LogP contribution in [-0.2, 0) is 16.2 Å². The quantitative estimate of drug-likeness (QED) is 0.262. The highest BCUT2D eigenvalue weighted by molar-refractivity contribution is 5.94. The number of hydrogen-bond acceptors (Lipinski definition) is 1. The molecule has 42 heavy (non-hydrogen) atoms. The molecule has 1 heteroatoms. The summed E-state index contributed by atoms with van der Waals surface area (Å²) in [4.78, 5) is 11.0. The molecule has 0 unspecified atom stereocenters. The van der Waals surface area contributed by atoms with Crippen LogP contribution in [0.15, 0.2) is 72.8 Å². The lowest BCUT2D eigenvalue weighted by molar-refractivity contribution is 0.101. The van der Waals surface area contributed by atoms with Crippen LogP contribution in [0.5, 0.6) is 0 Å². The molecule has 0 fully saturated rings. The maximum Gasteiger partial charge on any atom is 0.159 e. The maximum atomic E-state index is 11.0. The van der Waals surface area contributed by atoms with E-state index in [1.54, 1.807) is 6.92 Å². The molecule has 0 heterocycles. The second-order valence-electron chi connectivity index (χ2n) is 12.6. The third kappa shape index (κ3) is 20.2. The summed E-state index contributed by atoms with van der Waals surface area (Å²) in [5.74, 6) is 0.125. The van der Waals surface area contributed by atoms with Gasteiger partial charge in [0.05, 0.1) is 0 Å². The molecule has 0 radical (unpaired) electrons. The van der Waals surface area contributed by atoms with Gasteiger partial charge in [0, 0.05) is 5.56 Å². The van der Waals surface area contributed by atoms with E-state index in [9.17, 15) is 4.79 Å². The van der Waals surface area contributed by atoms with Crippen molar-refractivity contribution in [3.63, 3.8) is 0 Å². The molecule has 0 aliphatic carbocycles. The summed E-state index contributed by atoms with van der Waals surface area (Å²) >= 11 is 0. The molecule has 0 saturated carbocycles. The Hall–Kier alpha value is -2.67.